The van der Waals surface area contributed by atoms with Gasteiger partial charge in [0, 0.05) is 37.6 Å². The average Bonchev–Trinajstić information content (AvgIpc) is 2.53. The standard InChI is InChI=1S/C16H20N2O3/c1-18(2)11-6-7-17-13(8-11)12-9-15(20-4)16(21-5)10-14(12)19-3/h6-10H,1-5H3. The third kappa shape index (κ3) is 3.02. The minimum absolute atomic E-state index is 0.627. The molecule has 0 saturated heterocycles. The lowest BCUT2D eigenvalue weighted by molar-refractivity contribution is 0.349. The summed E-state index contributed by atoms with van der Waals surface area (Å²) >= 11 is 0. The fourth-order valence-corrected chi connectivity index (χ4v) is 2.07. The van der Waals surface area contributed by atoms with Crippen molar-refractivity contribution in [2.45, 2.75) is 0 Å². The van der Waals surface area contributed by atoms with Gasteiger partial charge in [-0.05, 0) is 18.2 Å². The van der Waals surface area contributed by atoms with E-state index in [0.717, 1.165) is 16.9 Å². The summed E-state index contributed by atoms with van der Waals surface area (Å²) in [6.45, 7) is 0. The Morgan fingerprint density at radius 1 is 0.857 bits per heavy atom. The van der Waals surface area contributed by atoms with Gasteiger partial charge < -0.3 is 19.1 Å². The first-order valence-electron chi connectivity index (χ1n) is 6.54. The van der Waals surface area contributed by atoms with Gasteiger partial charge in [-0.3, -0.25) is 4.98 Å². The average molecular weight is 288 g/mol. The van der Waals surface area contributed by atoms with Gasteiger partial charge >= 0.3 is 0 Å². The molecular weight excluding hydrogens is 268 g/mol. The molecule has 0 saturated carbocycles. The van der Waals surface area contributed by atoms with E-state index >= 15 is 0 Å². The van der Waals surface area contributed by atoms with Crippen LogP contribution in [0.3, 0.4) is 0 Å². The Morgan fingerprint density at radius 2 is 1.48 bits per heavy atom. The lowest BCUT2D eigenvalue weighted by atomic mass is 10.1. The van der Waals surface area contributed by atoms with E-state index in [1.807, 2.05) is 37.2 Å². The molecule has 1 aromatic heterocycles. The number of ether oxygens (including phenoxy) is 3. The highest BCUT2D eigenvalue weighted by atomic mass is 16.5. The first kappa shape index (κ1) is 15.0. The van der Waals surface area contributed by atoms with E-state index in [1.165, 1.54) is 0 Å². The van der Waals surface area contributed by atoms with Crippen LogP contribution in [0.25, 0.3) is 11.3 Å². The van der Waals surface area contributed by atoms with Crippen molar-refractivity contribution in [3.8, 4) is 28.5 Å². The molecule has 0 N–H and O–H groups in total. The zero-order chi connectivity index (χ0) is 15.4. The van der Waals surface area contributed by atoms with Crippen LogP contribution in [0.5, 0.6) is 17.2 Å². The zero-order valence-corrected chi connectivity index (χ0v) is 13.0. The van der Waals surface area contributed by atoms with Crippen molar-refractivity contribution in [1.82, 2.24) is 4.98 Å². The summed E-state index contributed by atoms with van der Waals surface area (Å²) in [5, 5.41) is 0. The van der Waals surface area contributed by atoms with Gasteiger partial charge in [0.1, 0.15) is 5.75 Å². The number of rotatable bonds is 5. The predicted molar refractivity (Wildman–Crippen MR) is 83.7 cm³/mol. The number of pyridine rings is 1. The van der Waals surface area contributed by atoms with Gasteiger partial charge in [-0.1, -0.05) is 0 Å². The van der Waals surface area contributed by atoms with Crippen molar-refractivity contribution in [3.05, 3.63) is 30.5 Å². The minimum Gasteiger partial charge on any atom is -0.496 e. The van der Waals surface area contributed by atoms with E-state index in [2.05, 4.69) is 4.98 Å². The van der Waals surface area contributed by atoms with Gasteiger partial charge in [0.2, 0.25) is 0 Å². The molecule has 5 nitrogen and oxygen atoms in total. The zero-order valence-electron chi connectivity index (χ0n) is 13.0. The molecule has 0 radical (unpaired) electrons. The molecule has 2 aromatic rings. The Morgan fingerprint density at radius 3 is 2.05 bits per heavy atom. The van der Waals surface area contributed by atoms with E-state index in [9.17, 15) is 0 Å². The molecule has 0 unspecified atom stereocenters. The lowest BCUT2D eigenvalue weighted by Gasteiger charge is -2.16. The summed E-state index contributed by atoms with van der Waals surface area (Å²) in [5.41, 5.74) is 2.75. The highest BCUT2D eigenvalue weighted by Crippen LogP contribution is 2.39. The van der Waals surface area contributed by atoms with E-state index in [0.29, 0.717) is 17.2 Å². The number of anilines is 1. The van der Waals surface area contributed by atoms with Crippen molar-refractivity contribution in [3.63, 3.8) is 0 Å². The number of nitrogens with zero attached hydrogens (tertiary/aromatic N) is 2. The Labute approximate surface area is 125 Å². The largest absolute Gasteiger partial charge is 0.496 e. The second-order valence-electron chi connectivity index (χ2n) is 4.70. The highest BCUT2D eigenvalue weighted by molar-refractivity contribution is 5.73. The van der Waals surface area contributed by atoms with Crippen LogP contribution in [-0.4, -0.2) is 40.4 Å². The number of benzene rings is 1. The van der Waals surface area contributed by atoms with Crippen molar-refractivity contribution in [2.24, 2.45) is 0 Å². The molecule has 0 aliphatic heterocycles. The minimum atomic E-state index is 0.627. The Hall–Kier alpha value is -2.43. The number of hydrogen-bond acceptors (Lipinski definition) is 5. The summed E-state index contributed by atoms with van der Waals surface area (Å²) in [6, 6.07) is 7.64. The van der Waals surface area contributed by atoms with Crippen molar-refractivity contribution in [1.29, 1.82) is 0 Å². The fourth-order valence-electron chi connectivity index (χ4n) is 2.07. The van der Waals surface area contributed by atoms with Gasteiger partial charge in [-0.2, -0.15) is 0 Å². The molecule has 0 amide bonds. The lowest BCUT2D eigenvalue weighted by Crippen LogP contribution is -2.08. The number of hydrogen-bond donors (Lipinski definition) is 0. The first-order valence-corrected chi connectivity index (χ1v) is 6.54. The molecule has 112 valence electrons. The maximum absolute atomic E-state index is 5.45. The van der Waals surface area contributed by atoms with Gasteiger partial charge in [0.25, 0.3) is 0 Å². The molecule has 1 aromatic carbocycles. The fraction of sp³-hybridized carbons (Fsp3) is 0.312. The van der Waals surface area contributed by atoms with Crippen LogP contribution in [-0.2, 0) is 0 Å². The Kier molecular flexibility index (Phi) is 4.52. The molecule has 0 aliphatic rings. The summed E-state index contributed by atoms with van der Waals surface area (Å²) in [6.07, 6.45) is 1.78. The van der Waals surface area contributed by atoms with E-state index in [-0.39, 0.29) is 0 Å². The molecule has 0 spiro atoms. The molecule has 21 heavy (non-hydrogen) atoms. The highest BCUT2D eigenvalue weighted by Gasteiger charge is 2.14. The normalized spacial score (nSPS) is 10.1. The van der Waals surface area contributed by atoms with Crippen LogP contribution in [0.2, 0.25) is 0 Å². The third-order valence-electron chi connectivity index (χ3n) is 3.24. The molecule has 1 heterocycles. The van der Waals surface area contributed by atoms with Crippen molar-refractivity contribution < 1.29 is 14.2 Å². The molecule has 0 fully saturated rings. The van der Waals surface area contributed by atoms with Crippen LogP contribution in [0.15, 0.2) is 30.5 Å². The Bertz CT molecular complexity index is 627. The Balaban J connectivity index is 2.59. The van der Waals surface area contributed by atoms with Crippen LogP contribution in [0.1, 0.15) is 0 Å². The molecule has 5 heteroatoms. The quantitative estimate of drug-likeness (QED) is 0.846. The summed E-state index contributed by atoms with van der Waals surface area (Å²) in [5.74, 6) is 1.96. The van der Waals surface area contributed by atoms with Gasteiger partial charge in [0.05, 0.1) is 27.0 Å². The van der Waals surface area contributed by atoms with Crippen LogP contribution in [0, 0.1) is 0 Å². The number of methoxy groups -OCH3 is 3. The van der Waals surface area contributed by atoms with E-state index < -0.39 is 0 Å². The van der Waals surface area contributed by atoms with Gasteiger partial charge in [-0.15, -0.1) is 0 Å². The van der Waals surface area contributed by atoms with E-state index in [4.69, 9.17) is 14.2 Å². The van der Waals surface area contributed by atoms with Crippen LogP contribution < -0.4 is 19.1 Å². The van der Waals surface area contributed by atoms with Gasteiger partial charge in [0.15, 0.2) is 11.5 Å². The summed E-state index contributed by atoms with van der Waals surface area (Å²) < 4.78 is 16.1. The topological polar surface area (TPSA) is 43.8 Å². The maximum atomic E-state index is 5.45. The summed E-state index contributed by atoms with van der Waals surface area (Å²) in [7, 11) is 8.82. The monoisotopic (exact) mass is 288 g/mol. The van der Waals surface area contributed by atoms with Gasteiger partial charge in [-0.25, -0.2) is 0 Å². The van der Waals surface area contributed by atoms with Crippen LogP contribution in [0.4, 0.5) is 5.69 Å². The molecule has 2 rings (SSSR count). The smallest absolute Gasteiger partial charge is 0.164 e. The van der Waals surface area contributed by atoms with Crippen molar-refractivity contribution >= 4 is 5.69 Å². The predicted octanol–water partition coefficient (Wildman–Crippen LogP) is 2.84. The second kappa shape index (κ2) is 6.35. The van der Waals surface area contributed by atoms with E-state index in [1.54, 1.807) is 33.6 Å². The molecule has 0 atom stereocenters. The number of aromatic nitrogens is 1. The molecular formula is C16H20N2O3. The van der Waals surface area contributed by atoms with Crippen LogP contribution >= 0.6 is 0 Å². The molecule has 0 bridgehead atoms. The first-order chi connectivity index (χ1) is 10.1. The third-order valence-corrected chi connectivity index (χ3v) is 3.24. The summed E-state index contributed by atoms with van der Waals surface area (Å²) in [4.78, 5) is 6.45. The maximum Gasteiger partial charge on any atom is 0.164 e. The van der Waals surface area contributed by atoms with Crippen molar-refractivity contribution in [2.75, 3.05) is 40.3 Å². The SMILES string of the molecule is COc1cc(OC)c(-c2cc(N(C)C)ccn2)cc1OC. The molecule has 0 aliphatic carbocycles. The second-order valence-corrected chi connectivity index (χ2v) is 4.70.